The van der Waals surface area contributed by atoms with Crippen LogP contribution >= 0.6 is 0 Å². The van der Waals surface area contributed by atoms with Crippen LogP contribution in [-0.4, -0.2) is 37.6 Å². The van der Waals surface area contributed by atoms with Crippen molar-refractivity contribution < 1.29 is 17.9 Å². The molecule has 0 saturated heterocycles. The maximum atomic E-state index is 13.2. The molecule has 0 amide bonds. The van der Waals surface area contributed by atoms with E-state index >= 15 is 0 Å². The summed E-state index contributed by atoms with van der Waals surface area (Å²) in [5.41, 5.74) is 2.00. The molecule has 1 saturated carbocycles. The number of benzene rings is 2. The van der Waals surface area contributed by atoms with Gasteiger partial charge in [-0.15, -0.1) is 0 Å². The normalized spacial score (nSPS) is 18.9. The van der Waals surface area contributed by atoms with Gasteiger partial charge in [0.1, 0.15) is 12.4 Å². The number of fused-ring (bicyclic) bond motifs is 4. The van der Waals surface area contributed by atoms with Crippen molar-refractivity contribution in [2.45, 2.75) is 44.0 Å². The van der Waals surface area contributed by atoms with Gasteiger partial charge in [-0.2, -0.15) is 4.98 Å². The van der Waals surface area contributed by atoms with Crippen LogP contribution in [0.15, 0.2) is 59.5 Å². The van der Waals surface area contributed by atoms with Gasteiger partial charge in [-0.25, -0.2) is 18.1 Å². The lowest BCUT2D eigenvalue weighted by molar-refractivity contribution is 0.271. The maximum absolute atomic E-state index is 13.2. The quantitative estimate of drug-likeness (QED) is 0.500. The van der Waals surface area contributed by atoms with Gasteiger partial charge in [-0.1, -0.05) is 32.0 Å². The van der Waals surface area contributed by atoms with Crippen LogP contribution in [0.2, 0.25) is 0 Å². The minimum Gasteiger partial charge on any atom is -0.493 e. The monoisotopic (exact) mass is 494 g/mol. The molecule has 2 aromatic carbocycles. The Morgan fingerprint density at radius 2 is 1.91 bits per heavy atom. The van der Waals surface area contributed by atoms with E-state index in [1.54, 1.807) is 24.3 Å². The molecule has 1 aliphatic carbocycles. The number of rotatable bonds is 6. The minimum atomic E-state index is -3.91. The molecule has 2 aliphatic rings. The summed E-state index contributed by atoms with van der Waals surface area (Å²) in [4.78, 5) is 9.03. The van der Waals surface area contributed by atoms with Gasteiger partial charge in [-0.3, -0.25) is 0 Å². The highest BCUT2D eigenvalue weighted by atomic mass is 32.2. The van der Waals surface area contributed by atoms with Crippen LogP contribution in [0, 0.1) is 11.8 Å². The van der Waals surface area contributed by atoms with Crippen LogP contribution in [0.5, 0.6) is 11.6 Å². The second-order valence-corrected chi connectivity index (χ2v) is 11.3. The number of nitrogens with one attached hydrogen (secondary N) is 2. The maximum Gasteiger partial charge on any atom is 0.264 e. The smallest absolute Gasteiger partial charge is 0.264 e. The highest BCUT2D eigenvalue weighted by Crippen LogP contribution is 2.35. The summed E-state index contributed by atoms with van der Waals surface area (Å²) in [5, 5.41) is 3.42. The Hall–Kier alpha value is -3.33. The van der Waals surface area contributed by atoms with Gasteiger partial charge >= 0.3 is 0 Å². The zero-order chi connectivity index (χ0) is 24.4. The van der Waals surface area contributed by atoms with E-state index in [4.69, 9.17) is 9.47 Å². The number of aromatic nitrogens is 2. The number of sulfonamides is 1. The lowest BCUT2D eigenvalue weighted by atomic mass is 10.0. The number of para-hydroxylation sites is 1. The topological polar surface area (TPSA) is 102 Å². The summed E-state index contributed by atoms with van der Waals surface area (Å²) in [6.07, 6.45) is 3.22. The van der Waals surface area contributed by atoms with Crippen molar-refractivity contribution in [2.75, 3.05) is 23.3 Å². The lowest BCUT2D eigenvalue weighted by Gasteiger charge is -2.23. The molecular formula is C26H30N4O4S. The van der Waals surface area contributed by atoms with Crippen molar-refractivity contribution in [2.24, 2.45) is 11.8 Å². The molecule has 1 fully saturated rings. The number of nitrogens with zero attached hydrogens (tertiary/aromatic N) is 2. The number of anilines is 2. The molecule has 0 radical (unpaired) electrons. The Labute approximate surface area is 206 Å². The molecule has 0 spiro atoms. The van der Waals surface area contributed by atoms with Crippen molar-refractivity contribution in [3.8, 4) is 22.9 Å². The summed E-state index contributed by atoms with van der Waals surface area (Å²) < 4.78 is 41.0. The first-order valence-corrected chi connectivity index (χ1v) is 13.5. The molecule has 1 aromatic heterocycles. The SMILES string of the molecule is CC(C)C[C@@H]1COc2cc(-c3ccccc3OCC3CC3)nc(n2)NS(=O)(=O)c2cccc(c2)N1. The zero-order valence-electron chi connectivity index (χ0n) is 19.9. The van der Waals surface area contributed by atoms with Crippen molar-refractivity contribution in [1.29, 1.82) is 0 Å². The van der Waals surface area contributed by atoms with E-state index < -0.39 is 10.0 Å². The number of ether oxygens (including phenoxy) is 2. The fraction of sp³-hybridized carbons (Fsp3) is 0.385. The molecule has 0 unspecified atom stereocenters. The van der Waals surface area contributed by atoms with E-state index in [2.05, 4.69) is 33.9 Å². The fourth-order valence-electron chi connectivity index (χ4n) is 4.07. The summed E-state index contributed by atoms with van der Waals surface area (Å²) in [6, 6.07) is 16.1. The van der Waals surface area contributed by atoms with Crippen LogP contribution in [0.25, 0.3) is 11.3 Å². The Kier molecular flexibility index (Phi) is 6.51. The van der Waals surface area contributed by atoms with Crippen LogP contribution in [0.4, 0.5) is 11.6 Å². The molecule has 8 nitrogen and oxygen atoms in total. The van der Waals surface area contributed by atoms with E-state index in [9.17, 15) is 8.42 Å². The second-order valence-electron chi connectivity index (χ2n) is 9.58. The van der Waals surface area contributed by atoms with Gasteiger partial charge in [-0.05, 0) is 61.4 Å². The van der Waals surface area contributed by atoms with Crippen molar-refractivity contribution >= 4 is 21.7 Å². The molecular weight excluding hydrogens is 464 g/mol. The second kappa shape index (κ2) is 9.73. The van der Waals surface area contributed by atoms with Crippen molar-refractivity contribution in [3.63, 3.8) is 0 Å². The minimum absolute atomic E-state index is 0.0311. The predicted octanol–water partition coefficient (Wildman–Crippen LogP) is 4.95. The van der Waals surface area contributed by atoms with E-state index in [1.807, 2.05) is 30.3 Å². The van der Waals surface area contributed by atoms with Crippen molar-refractivity contribution in [1.82, 2.24) is 9.97 Å². The van der Waals surface area contributed by atoms with E-state index in [1.165, 1.54) is 12.8 Å². The molecule has 35 heavy (non-hydrogen) atoms. The van der Waals surface area contributed by atoms with Gasteiger partial charge in [0.15, 0.2) is 0 Å². The Bertz CT molecular complexity index is 1310. The Morgan fingerprint density at radius 1 is 1.09 bits per heavy atom. The molecule has 9 heteroatoms. The van der Waals surface area contributed by atoms with Crippen LogP contribution in [0.1, 0.15) is 33.1 Å². The highest BCUT2D eigenvalue weighted by molar-refractivity contribution is 7.92. The molecule has 1 atom stereocenters. The third-order valence-electron chi connectivity index (χ3n) is 5.97. The number of hydrogen-bond donors (Lipinski definition) is 2. The van der Waals surface area contributed by atoms with Gasteiger partial charge < -0.3 is 14.8 Å². The molecule has 4 bridgehead atoms. The average molecular weight is 495 g/mol. The molecule has 1 aliphatic heterocycles. The van der Waals surface area contributed by atoms with Crippen LogP contribution < -0.4 is 19.5 Å². The van der Waals surface area contributed by atoms with Crippen molar-refractivity contribution in [3.05, 3.63) is 54.6 Å². The largest absolute Gasteiger partial charge is 0.493 e. The van der Waals surface area contributed by atoms with Gasteiger partial charge in [0.05, 0.1) is 23.2 Å². The molecule has 3 aromatic rings. The summed E-state index contributed by atoms with van der Waals surface area (Å²) >= 11 is 0. The molecule has 2 N–H and O–H groups in total. The van der Waals surface area contributed by atoms with Gasteiger partial charge in [0, 0.05) is 17.3 Å². The fourth-order valence-corrected chi connectivity index (χ4v) is 5.06. The Balaban J connectivity index is 1.55. The molecule has 184 valence electrons. The van der Waals surface area contributed by atoms with E-state index in [-0.39, 0.29) is 16.9 Å². The first-order valence-electron chi connectivity index (χ1n) is 12.0. The lowest BCUT2D eigenvalue weighted by Crippen LogP contribution is -2.29. The van der Waals surface area contributed by atoms with E-state index in [0.29, 0.717) is 42.4 Å². The zero-order valence-corrected chi connectivity index (χ0v) is 20.7. The highest BCUT2D eigenvalue weighted by Gasteiger charge is 2.24. The third kappa shape index (κ3) is 5.85. The van der Waals surface area contributed by atoms with Gasteiger partial charge in [0.2, 0.25) is 11.8 Å². The predicted molar refractivity (Wildman–Crippen MR) is 135 cm³/mol. The third-order valence-corrected chi connectivity index (χ3v) is 7.29. The van der Waals surface area contributed by atoms with Crippen LogP contribution in [0.3, 0.4) is 0 Å². The standard InChI is InChI=1S/C26H30N4O4S/c1-17(2)12-20-16-34-25-14-23(22-8-3-4-9-24(22)33-15-18-10-11-18)28-26(29-25)30-35(31,32)21-7-5-6-19(13-21)27-20/h3-9,13-14,17-18,20,27H,10-12,15-16H2,1-2H3,(H,28,29,30)/t20-/m1/s1. The molecule has 2 heterocycles. The average Bonchev–Trinajstić information content (AvgIpc) is 3.65. The molecule has 5 rings (SSSR count). The first-order chi connectivity index (χ1) is 16.9. The van der Waals surface area contributed by atoms with E-state index in [0.717, 1.165) is 17.7 Å². The first kappa shape index (κ1) is 23.4. The summed E-state index contributed by atoms with van der Waals surface area (Å²) in [7, 11) is -3.91. The number of hydrogen-bond acceptors (Lipinski definition) is 7. The summed E-state index contributed by atoms with van der Waals surface area (Å²) in [5.74, 6) is 1.97. The van der Waals surface area contributed by atoms with Crippen LogP contribution in [-0.2, 0) is 10.0 Å². The van der Waals surface area contributed by atoms with Gasteiger partial charge in [0.25, 0.3) is 10.0 Å². The summed E-state index contributed by atoms with van der Waals surface area (Å²) in [6.45, 7) is 5.30. The Morgan fingerprint density at radius 3 is 2.71 bits per heavy atom.